The number of alkyl halides is 9. The summed E-state index contributed by atoms with van der Waals surface area (Å²) in [5, 5.41) is 6.28. The van der Waals surface area contributed by atoms with Gasteiger partial charge in [-0.05, 0) is 13.0 Å². The molecule has 0 N–H and O–H groups in total. The van der Waals surface area contributed by atoms with E-state index in [0.29, 0.717) is 10.6 Å². The van der Waals surface area contributed by atoms with Gasteiger partial charge in [0, 0.05) is 11.8 Å². The molecule has 15 heteroatoms. The lowest BCUT2D eigenvalue weighted by Crippen LogP contribution is -2.14. The Labute approximate surface area is 142 Å². The molecule has 0 aliphatic rings. The highest BCUT2D eigenvalue weighted by Crippen LogP contribution is 2.36. The first-order valence-corrected chi connectivity index (χ1v) is 6.74. The van der Waals surface area contributed by atoms with E-state index >= 15 is 0 Å². The smallest absolute Gasteiger partial charge is 0.206 e. The third-order valence-corrected chi connectivity index (χ3v) is 3.25. The number of halogens is 9. The van der Waals surface area contributed by atoms with Crippen molar-refractivity contribution in [2.45, 2.75) is 25.5 Å². The maximum atomic E-state index is 13.0. The quantitative estimate of drug-likeness (QED) is 0.581. The van der Waals surface area contributed by atoms with E-state index in [9.17, 15) is 39.5 Å². The maximum absolute atomic E-state index is 13.0. The summed E-state index contributed by atoms with van der Waals surface area (Å²) in [6, 6.07) is 0.299. The van der Waals surface area contributed by atoms with Crippen LogP contribution in [0.3, 0.4) is 0 Å². The molecular weight excluding hydrogens is 399 g/mol. The molecule has 0 radical (unpaired) electrons. The molecule has 0 amide bonds. The molecule has 0 saturated heterocycles. The van der Waals surface area contributed by atoms with Crippen molar-refractivity contribution in [3.63, 3.8) is 0 Å². The summed E-state index contributed by atoms with van der Waals surface area (Å²) in [4.78, 5) is 6.48. The van der Waals surface area contributed by atoms with Gasteiger partial charge < -0.3 is 0 Å². The Hall–Kier alpha value is -2.87. The van der Waals surface area contributed by atoms with Gasteiger partial charge in [0.1, 0.15) is 5.69 Å². The zero-order valence-corrected chi connectivity index (χ0v) is 12.7. The summed E-state index contributed by atoms with van der Waals surface area (Å²) in [6.45, 7) is 1.14. The normalized spacial score (nSPS) is 13.6. The predicted octanol–water partition coefficient (Wildman–Crippen LogP) is 3.67. The van der Waals surface area contributed by atoms with Crippen LogP contribution in [0.4, 0.5) is 39.5 Å². The average Bonchev–Trinajstić information content (AvgIpc) is 3.08. The van der Waals surface area contributed by atoms with Crippen molar-refractivity contribution in [1.29, 1.82) is 0 Å². The molecule has 0 aromatic carbocycles. The topological polar surface area (TPSA) is 60.9 Å². The van der Waals surface area contributed by atoms with Gasteiger partial charge in [0.15, 0.2) is 11.4 Å². The van der Waals surface area contributed by atoms with Gasteiger partial charge in [-0.3, -0.25) is 0 Å². The van der Waals surface area contributed by atoms with Gasteiger partial charge in [-0.1, -0.05) is 0 Å². The van der Waals surface area contributed by atoms with Gasteiger partial charge in [-0.2, -0.15) is 58.8 Å². The van der Waals surface area contributed by atoms with Crippen LogP contribution in [-0.2, 0) is 18.5 Å². The molecule has 0 atom stereocenters. The van der Waals surface area contributed by atoms with E-state index < -0.39 is 47.3 Å². The summed E-state index contributed by atoms with van der Waals surface area (Å²) in [5.41, 5.74) is -5.31. The molecule has 0 fully saturated rings. The maximum Gasteiger partial charge on any atom is 0.435 e. The minimum atomic E-state index is -5.26. The van der Waals surface area contributed by atoms with Crippen LogP contribution >= 0.6 is 0 Å². The lowest BCUT2D eigenvalue weighted by molar-refractivity contribution is -0.144. The van der Waals surface area contributed by atoms with Crippen molar-refractivity contribution < 1.29 is 39.5 Å². The van der Waals surface area contributed by atoms with Crippen LogP contribution < -0.4 is 0 Å². The van der Waals surface area contributed by atoms with Crippen LogP contribution in [0.1, 0.15) is 22.8 Å². The van der Waals surface area contributed by atoms with Crippen molar-refractivity contribution >= 4 is 5.78 Å². The Balaban J connectivity index is 2.24. The van der Waals surface area contributed by atoms with Crippen molar-refractivity contribution in [3.8, 4) is 5.95 Å². The van der Waals surface area contributed by atoms with E-state index in [2.05, 4.69) is 20.2 Å². The van der Waals surface area contributed by atoms with Crippen LogP contribution in [0.15, 0.2) is 12.1 Å². The molecular formula is C12H5F9N6. The lowest BCUT2D eigenvalue weighted by atomic mass is 10.3. The molecule has 0 saturated carbocycles. The molecule has 0 spiro atoms. The van der Waals surface area contributed by atoms with E-state index in [4.69, 9.17) is 0 Å². The zero-order valence-electron chi connectivity index (χ0n) is 12.7. The summed E-state index contributed by atoms with van der Waals surface area (Å²) in [5.74, 6) is -1.78. The minimum absolute atomic E-state index is 0.206. The molecule has 27 heavy (non-hydrogen) atoms. The first-order valence-electron chi connectivity index (χ1n) is 6.74. The molecule has 3 heterocycles. The van der Waals surface area contributed by atoms with Gasteiger partial charge in [-0.15, -0.1) is 5.10 Å². The van der Waals surface area contributed by atoms with Crippen molar-refractivity contribution in [1.82, 2.24) is 29.4 Å². The Morgan fingerprint density at radius 1 is 0.741 bits per heavy atom. The number of nitrogens with zero attached hydrogens (tertiary/aromatic N) is 6. The molecule has 0 aliphatic heterocycles. The van der Waals surface area contributed by atoms with Crippen molar-refractivity contribution in [2.24, 2.45) is 0 Å². The fraction of sp³-hybridized carbons (Fsp3) is 0.333. The second-order valence-electron chi connectivity index (χ2n) is 5.23. The van der Waals surface area contributed by atoms with Crippen LogP contribution in [0.5, 0.6) is 0 Å². The second-order valence-corrected chi connectivity index (χ2v) is 5.23. The van der Waals surface area contributed by atoms with E-state index in [0.717, 1.165) is 6.92 Å². The van der Waals surface area contributed by atoms with Crippen LogP contribution in [-0.4, -0.2) is 29.4 Å². The summed E-state index contributed by atoms with van der Waals surface area (Å²) in [7, 11) is 0. The Kier molecular flexibility index (Phi) is 3.89. The third kappa shape index (κ3) is 3.40. The third-order valence-electron chi connectivity index (χ3n) is 3.25. The van der Waals surface area contributed by atoms with Crippen LogP contribution in [0.25, 0.3) is 11.7 Å². The second kappa shape index (κ2) is 5.56. The first kappa shape index (κ1) is 18.9. The first-order chi connectivity index (χ1) is 12.2. The predicted molar refractivity (Wildman–Crippen MR) is 67.6 cm³/mol. The summed E-state index contributed by atoms with van der Waals surface area (Å²) < 4.78 is 116. The molecule has 6 nitrogen and oxygen atoms in total. The number of fused-ring (bicyclic) bond motifs is 1. The number of aryl methyl sites for hydroxylation is 1. The van der Waals surface area contributed by atoms with E-state index in [1.807, 2.05) is 0 Å². The SMILES string of the molecule is Cc1cc(C(F)(F)F)nc2nc(-n3nc(C(F)(F)F)cc3C(F)(F)F)nn12. The van der Waals surface area contributed by atoms with E-state index in [1.54, 1.807) is 0 Å². The van der Waals surface area contributed by atoms with Gasteiger partial charge in [-0.25, -0.2) is 4.98 Å². The zero-order chi connectivity index (χ0) is 20.4. The highest BCUT2D eigenvalue weighted by molar-refractivity contribution is 5.36. The number of aromatic nitrogens is 6. The van der Waals surface area contributed by atoms with Crippen LogP contribution in [0.2, 0.25) is 0 Å². The largest absolute Gasteiger partial charge is 0.435 e. The average molecular weight is 404 g/mol. The highest BCUT2D eigenvalue weighted by Gasteiger charge is 2.43. The van der Waals surface area contributed by atoms with Gasteiger partial charge in [0.25, 0.3) is 11.7 Å². The van der Waals surface area contributed by atoms with Crippen molar-refractivity contribution in [3.05, 3.63) is 34.9 Å². The number of hydrogen-bond acceptors (Lipinski definition) is 4. The van der Waals surface area contributed by atoms with Gasteiger partial charge >= 0.3 is 18.5 Å². The monoisotopic (exact) mass is 404 g/mol. The molecule has 0 aliphatic carbocycles. The lowest BCUT2D eigenvalue weighted by Gasteiger charge is -2.06. The summed E-state index contributed by atoms with van der Waals surface area (Å²) >= 11 is 0. The molecule has 3 aromatic heterocycles. The van der Waals surface area contributed by atoms with Gasteiger partial charge in [0.2, 0.25) is 0 Å². The van der Waals surface area contributed by atoms with E-state index in [-0.39, 0.29) is 16.4 Å². The van der Waals surface area contributed by atoms with Crippen molar-refractivity contribution in [2.75, 3.05) is 0 Å². The van der Waals surface area contributed by atoms with E-state index in [1.165, 1.54) is 0 Å². The fourth-order valence-electron chi connectivity index (χ4n) is 2.11. The Bertz CT molecular complexity index is 1010. The van der Waals surface area contributed by atoms with Gasteiger partial charge in [0.05, 0.1) is 0 Å². The fourth-order valence-corrected chi connectivity index (χ4v) is 2.11. The number of rotatable bonds is 1. The minimum Gasteiger partial charge on any atom is -0.206 e. The standard InChI is InChI=1S/C12H5F9N6/c1-4-2-5(10(13,14)15)22-8-23-9(25-26(4)8)27-7(12(19,20)21)3-6(24-27)11(16,17)18/h2-3H,1H3. The molecule has 146 valence electrons. The van der Waals surface area contributed by atoms with Crippen LogP contribution in [0, 0.1) is 6.92 Å². The molecule has 0 bridgehead atoms. The molecule has 3 rings (SSSR count). The Morgan fingerprint density at radius 3 is 1.85 bits per heavy atom. The summed E-state index contributed by atoms with van der Waals surface area (Å²) in [6.07, 6.45) is -15.3. The molecule has 0 unspecified atom stereocenters. The Morgan fingerprint density at radius 2 is 1.33 bits per heavy atom. The number of hydrogen-bond donors (Lipinski definition) is 0. The highest BCUT2D eigenvalue weighted by atomic mass is 19.4. The molecule has 3 aromatic rings.